The van der Waals surface area contributed by atoms with Crippen molar-refractivity contribution in [1.82, 2.24) is 15.0 Å². The van der Waals surface area contributed by atoms with Gasteiger partial charge in [-0.1, -0.05) is 54.1 Å². The van der Waals surface area contributed by atoms with Gasteiger partial charge in [0.1, 0.15) is 10.7 Å². The molecule has 138 valence electrons. The molecular weight excluding hydrogens is 392 g/mol. The van der Waals surface area contributed by atoms with Crippen molar-refractivity contribution in [3.05, 3.63) is 82.5 Å². The van der Waals surface area contributed by atoms with Gasteiger partial charge in [-0.25, -0.2) is 15.0 Å². The van der Waals surface area contributed by atoms with Crippen molar-refractivity contribution < 1.29 is 4.79 Å². The third-order valence-corrected chi connectivity index (χ3v) is 5.18. The van der Waals surface area contributed by atoms with Crippen LogP contribution in [0.1, 0.15) is 16.1 Å². The van der Waals surface area contributed by atoms with E-state index in [2.05, 4.69) is 20.3 Å². The van der Waals surface area contributed by atoms with Gasteiger partial charge in [0.25, 0.3) is 5.91 Å². The predicted octanol–water partition coefficient (Wildman–Crippen LogP) is 5.48. The first-order valence-electron chi connectivity index (χ1n) is 8.52. The van der Waals surface area contributed by atoms with Crippen LogP contribution in [0.3, 0.4) is 0 Å². The van der Waals surface area contributed by atoms with E-state index < -0.39 is 0 Å². The van der Waals surface area contributed by atoms with Gasteiger partial charge >= 0.3 is 0 Å². The van der Waals surface area contributed by atoms with Crippen LogP contribution in [0.25, 0.3) is 21.8 Å². The number of nitrogens with one attached hydrogen (secondary N) is 1. The minimum Gasteiger partial charge on any atom is -0.289 e. The number of halogens is 1. The van der Waals surface area contributed by atoms with Gasteiger partial charge in [0.2, 0.25) is 5.95 Å². The topological polar surface area (TPSA) is 67.8 Å². The maximum absolute atomic E-state index is 12.6. The molecule has 2 aromatic heterocycles. The molecule has 0 aliphatic rings. The minimum absolute atomic E-state index is 0.242. The number of rotatable bonds is 4. The molecule has 1 amide bonds. The van der Waals surface area contributed by atoms with Crippen LogP contribution in [-0.4, -0.2) is 20.9 Å². The van der Waals surface area contributed by atoms with Crippen molar-refractivity contribution >= 4 is 34.8 Å². The van der Waals surface area contributed by atoms with Gasteiger partial charge in [0.15, 0.2) is 0 Å². The predicted molar refractivity (Wildman–Crippen MR) is 113 cm³/mol. The van der Waals surface area contributed by atoms with Crippen molar-refractivity contribution in [2.24, 2.45) is 0 Å². The molecule has 2 aromatic carbocycles. The summed E-state index contributed by atoms with van der Waals surface area (Å²) in [6, 6.07) is 17.2. The van der Waals surface area contributed by atoms with Crippen LogP contribution < -0.4 is 5.32 Å². The van der Waals surface area contributed by atoms with Crippen LogP contribution in [0.5, 0.6) is 0 Å². The minimum atomic E-state index is -0.354. The van der Waals surface area contributed by atoms with Gasteiger partial charge in [-0.2, -0.15) is 0 Å². The first-order chi connectivity index (χ1) is 13.6. The summed E-state index contributed by atoms with van der Waals surface area (Å²) in [6.45, 7) is 1.94. The molecule has 0 saturated carbocycles. The Morgan fingerprint density at radius 1 is 1.04 bits per heavy atom. The maximum Gasteiger partial charge on any atom is 0.277 e. The van der Waals surface area contributed by atoms with Gasteiger partial charge in [-0.05, 0) is 24.6 Å². The Morgan fingerprint density at radius 2 is 1.82 bits per heavy atom. The second-order valence-electron chi connectivity index (χ2n) is 6.09. The lowest BCUT2D eigenvalue weighted by molar-refractivity contribution is 0.102. The van der Waals surface area contributed by atoms with Crippen LogP contribution in [0.15, 0.2) is 66.2 Å². The third kappa shape index (κ3) is 3.93. The molecule has 1 N–H and O–H groups in total. The number of nitrogens with zero attached hydrogens (tertiary/aromatic N) is 3. The molecular formula is C21H15ClN4OS. The summed E-state index contributed by atoms with van der Waals surface area (Å²) < 4.78 is 0. The zero-order valence-electron chi connectivity index (χ0n) is 14.9. The van der Waals surface area contributed by atoms with E-state index in [-0.39, 0.29) is 11.9 Å². The fourth-order valence-corrected chi connectivity index (χ4v) is 3.68. The lowest BCUT2D eigenvalue weighted by Crippen LogP contribution is -2.15. The highest BCUT2D eigenvalue weighted by Gasteiger charge is 2.15. The number of hydrogen-bond acceptors (Lipinski definition) is 5. The Hall–Kier alpha value is -3.09. The summed E-state index contributed by atoms with van der Waals surface area (Å²) in [5.74, 6) is -0.112. The Bertz CT molecular complexity index is 1140. The molecule has 0 radical (unpaired) electrons. The fraction of sp³-hybridized carbons (Fsp3) is 0.0476. The molecule has 28 heavy (non-hydrogen) atoms. The number of thiazole rings is 1. The van der Waals surface area contributed by atoms with E-state index in [0.717, 1.165) is 27.4 Å². The number of aromatic nitrogens is 3. The number of amides is 1. The zero-order chi connectivity index (χ0) is 19.5. The summed E-state index contributed by atoms with van der Waals surface area (Å²) in [5, 5.41) is 5.78. The van der Waals surface area contributed by atoms with Crippen LogP contribution in [0, 0.1) is 6.92 Å². The van der Waals surface area contributed by atoms with E-state index in [0.29, 0.717) is 10.7 Å². The Morgan fingerprint density at radius 3 is 2.61 bits per heavy atom. The normalized spacial score (nSPS) is 10.6. The first kappa shape index (κ1) is 18.3. The van der Waals surface area contributed by atoms with E-state index >= 15 is 0 Å². The van der Waals surface area contributed by atoms with E-state index in [1.165, 1.54) is 11.3 Å². The number of carbonyl (C=O) groups excluding carboxylic acids is 1. The van der Waals surface area contributed by atoms with E-state index in [9.17, 15) is 4.79 Å². The van der Waals surface area contributed by atoms with E-state index in [4.69, 9.17) is 11.6 Å². The molecule has 4 aromatic rings. The molecule has 0 spiro atoms. The molecule has 0 aliphatic carbocycles. The van der Waals surface area contributed by atoms with Gasteiger partial charge in [0, 0.05) is 27.7 Å². The van der Waals surface area contributed by atoms with E-state index in [1.807, 2.05) is 55.5 Å². The molecule has 0 fully saturated rings. The summed E-state index contributed by atoms with van der Waals surface area (Å²) >= 11 is 7.41. The Kier molecular flexibility index (Phi) is 5.14. The highest BCUT2D eigenvalue weighted by atomic mass is 35.5. The van der Waals surface area contributed by atoms with Gasteiger partial charge < -0.3 is 0 Å². The molecule has 0 unspecified atom stereocenters. The molecule has 0 bridgehead atoms. The summed E-state index contributed by atoms with van der Waals surface area (Å²) in [6.07, 6.45) is 1.70. The van der Waals surface area contributed by atoms with Crippen molar-refractivity contribution in [3.63, 3.8) is 0 Å². The van der Waals surface area contributed by atoms with Crippen LogP contribution in [-0.2, 0) is 0 Å². The van der Waals surface area contributed by atoms with Crippen molar-refractivity contribution in [2.75, 3.05) is 5.32 Å². The lowest BCUT2D eigenvalue weighted by Gasteiger charge is -2.07. The molecule has 5 nitrogen and oxygen atoms in total. The maximum atomic E-state index is 12.6. The molecule has 0 atom stereocenters. The average molecular weight is 407 g/mol. The van der Waals surface area contributed by atoms with Crippen LogP contribution >= 0.6 is 22.9 Å². The molecule has 0 saturated heterocycles. The van der Waals surface area contributed by atoms with Crippen LogP contribution in [0.2, 0.25) is 5.02 Å². The molecule has 4 rings (SSSR count). The number of carbonyl (C=O) groups is 1. The number of anilines is 1. The number of aryl methyl sites for hydroxylation is 1. The average Bonchev–Trinajstić information content (AvgIpc) is 3.21. The SMILES string of the molecule is Cc1cnc(NC(=O)c2csc(-c3cccc(Cl)c3)n2)nc1-c1ccccc1. The monoisotopic (exact) mass is 406 g/mol. The highest BCUT2D eigenvalue weighted by molar-refractivity contribution is 7.13. The standard InChI is InChI=1S/C21H15ClN4OS/c1-13-11-23-21(25-18(13)14-6-3-2-4-7-14)26-19(27)17-12-28-20(24-17)15-8-5-9-16(22)10-15/h2-12H,1H3,(H,23,25,26,27). The summed E-state index contributed by atoms with van der Waals surface area (Å²) in [7, 11) is 0. The second-order valence-corrected chi connectivity index (χ2v) is 7.39. The van der Waals surface area contributed by atoms with Gasteiger partial charge in [-0.15, -0.1) is 11.3 Å². The van der Waals surface area contributed by atoms with Crippen molar-refractivity contribution in [2.45, 2.75) is 6.92 Å². The lowest BCUT2D eigenvalue weighted by atomic mass is 10.1. The molecule has 2 heterocycles. The zero-order valence-corrected chi connectivity index (χ0v) is 16.5. The van der Waals surface area contributed by atoms with Gasteiger partial charge in [-0.3, -0.25) is 10.1 Å². The Balaban J connectivity index is 1.56. The smallest absolute Gasteiger partial charge is 0.277 e. The van der Waals surface area contributed by atoms with E-state index in [1.54, 1.807) is 17.6 Å². The summed E-state index contributed by atoms with van der Waals surface area (Å²) in [4.78, 5) is 25.7. The van der Waals surface area contributed by atoms with Crippen molar-refractivity contribution in [1.29, 1.82) is 0 Å². The molecule has 7 heteroatoms. The molecule has 0 aliphatic heterocycles. The van der Waals surface area contributed by atoms with Crippen LogP contribution in [0.4, 0.5) is 5.95 Å². The largest absolute Gasteiger partial charge is 0.289 e. The second kappa shape index (κ2) is 7.88. The van der Waals surface area contributed by atoms with Gasteiger partial charge in [0.05, 0.1) is 5.69 Å². The fourth-order valence-electron chi connectivity index (χ4n) is 2.69. The quantitative estimate of drug-likeness (QED) is 0.487. The van der Waals surface area contributed by atoms with Crippen molar-refractivity contribution in [3.8, 4) is 21.8 Å². The summed E-state index contributed by atoms with van der Waals surface area (Å²) in [5.41, 5.74) is 3.86. The number of hydrogen-bond donors (Lipinski definition) is 1. The Labute approximate surface area is 171 Å². The third-order valence-electron chi connectivity index (χ3n) is 4.05. The first-order valence-corrected chi connectivity index (χ1v) is 9.78. The number of benzene rings is 2. The highest BCUT2D eigenvalue weighted by Crippen LogP contribution is 2.26.